The third-order valence-corrected chi connectivity index (χ3v) is 4.54. The molecular formula is C16H19N3O3. The van der Waals surface area contributed by atoms with Gasteiger partial charge in [0.25, 0.3) is 0 Å². The van der Waals surface area contributed by atoms with E-state index in [9.17, 15) is 5.11 Å². The zero-order valence-corrected chi connectivity index (χ0v) is 12.5. The number of para-hydroxylation sites is 1. The molecule has 6 heteroatoms. The fourth-order valence-corrected chi connectivity index (χ4v) is 3.21. The molecule has 4 rings (SSSR count). The Labute approximate surface area is 128 Å². The predicted octanol–water partition coefficient (Wildman–Crippen LogP) is 1.55. The van der Waals surface area contributed by atoms with Gasteiger partial charge in [-0.3, -0.25) is 0 Å². The molecule has 0 aliphatic carbocycles. The Bertz CT molecular complexity index is 687. The summed E-state index contributed by atoms with van der Waals surface area (Å²) >= 11 is 0. The van der Waals surface area contributed by atoms with E-state index in [1.807, 2.05) is 18.2 Å². The van der Waals surface area contributed by atoms with E-state index >= 15 is 0 Å². The van der Waals surface area contributed by atoms with E-state index in [2.05, 4.69) is 23.3 Å². The number of ether oxygens (including phenoxy) is 2. The van der Waals surface area contributed by atoms with Crippen molar-refractivity contribution in [1.82, 2.24) is 15.0 Å². The number of rotatable bonds is 3. The molecule has 2 bridgehead atoms. The maximum absolute atomic E-state index is 10.9. The number of hydrogen-bond acceptors (Lipinski definition) is 5. The third kappa shape index (κ3) is 2.06. The van der Waals surface area contributed by atoms with Gasteiger partial charge in [-0.15, -0.1) is 5.10 Å². The standard InChI is InChI=1S/C16H19N3O3/c1-2-11-5-3-4-6-13(11)19-9-14(17-18-19)16(20)8-7-12-10-21-15(16)22-12/h3-6,9,12,15,20H,2,7-8,10H2,1H3/t12-,15+,16?/m0/s1. The molecule has 2 aliphatic heterocycles. The van der Waals surface area contributed by atoms with Crippen molar-refractivity contribution >= 4 is 0 Å². The van der Waals surface area contributed by atoms with E-state index < -0.39 is 11.9 Å². The Morgan fingerprint density at radius 1 is 1.41 bits per heavy atom. The van der Waals surface area contributed by atoms with Crippen LogP contribution in [0.4, 0.5) is 0 Å². The van der Waals surface area contributed by atoms with Crippen molar-refractivity contribution in [3.8, 4) is 5.69 Å². The van der Waals surface area contributed by atoms with Crippen LogP contribution in [-0.4, -0.2) is 39.1 Å². The first kappa shape index (κ1) is 13.9. The monoisotopic (exact) mass is 301 g/mol. The van der Waals surface area contributed by atoms with Crippen LogP contribution in [0.25, 0.3) is 5.69 Å². The van der Waals surface area contributed by atoms with Gasteiger partial charge in [0.15, 0.2) is 11.9 Å². The van der Waals surface area contributed by atoms with Crippen LogP contribution in [0.5, 0.6) is 0 Å². The molecule has 22 heavy (non-hydrogen) atoms. The van der Waals surface area contributed by atoms with Gasteiger partial charge < -0.3 is 14.6 Å². The summed E-state index contributed by atoms with van der Waals surface area (Å²) < 4.78 is 13.0. The van der Waals surface area contributed by atoms with Gasteiger partial charge in [-0.25, -0.2) is 4.68 Å². The fraction of sp³-hybridized carbons (Fsp3) is 0.500. The SMILES string of the molecule is CCc1ccccc1-n1cc(C2(O)CC[C@H]3CO[C@@H]2O3)nn1. The summed E-state index contributed by atoms with van der Waals surface area (Å²) in [7, 11) is 0. The molecule has 0 spiro atoms. The van der Waals surface area contributed by atoms with Crippen molar-refractivity contribution in [3.05, 3.63) is 41.7 Å². The van der Waals surface area contributed by atoms with Gasteiger partial charge in [-0.1, -0.05) is 30.3 Å². The van der Waals surface area contributed by atoms with Gasteiger partial charge in [0, 0.05) is 0 Å². The van der Waals surface area contributed by atoms with Crippen LogP contribution in [0.2, 0.25) is 0 Å². The Morgan fingerprint density at radius 2 is 2.27 bits per heavy atom. The number of aryl methyl sites for hydroxylation is 1. The Balaban J connectivity index is 1.69. The third-order valence-electron chi connectivity index (χ3n) is 4.54. The van der Waals surface area contributed by atoms with Crippen molar-refractivity contribution in [1.29, 1.82) is 0 Å². The minimum absolute atomic E-state index is 0.0983. The summed E-state index contributed by atoms with van der Waals surface area (Å²) in [6.07, 6.45) is 3.49. The van der Waals surface area contributed by atoms with Crippen LogP contribution < -0.4 is 0 Å². The van der Waals surface area contributed by atoms with Crippen molar-refractivity contribution in [3.63, 3.8) is 0 Å². The summed E-state index contributed by atoms with van der Waals surface area (Å²) in [6, 6.07) is 8.05. The zero-order valence-electron chi connectivity index (χ0n) is 12.5. The molecule has 2 saturated heterocycles. The number of hydrogen-bond donors (Lipinski definition) is 1. The molecule has 0 amide bonds. The molecular weight excluding hydrogens is 282 g/mol. The summed E-state index contributed by atoms with van der Waals surface area (Å²) in [6.45, 7) is 2.64. The second kappa shape index (κ2) is 5.15. The van der Waals surface area contributed by atoms with Crippen LogP contribution in [0.15, 0.2) is 30.5 Å². The largest absolute Gasteiger partial charge is 0.378 e. The minimum atomic E-state index is -1.22. The number of aliphatic hydroxyl groups is 1. The minimum Gasteiger partial charge on any atom is -0.378 e. The summed E-state index contributed by atoms with van der Waals surface area (Å²) in [5, 5.41) is 19.3. The molecule has 1 aromatic carbocycles. The zero-order chi connectivity index (χ0) is 15.2. The van der Waals surface area contributed by atoms with E-state index in [0.717, 1.165) is 18.5 Å². The number of benzene rings is 1. The smallest absolute Gasteiger partial charge is 0.192 e. The topological polar surface area (TPSA) is 69.4 Å². The first-order valence-corrected chi connectivity index (χ1v) is 7.71. The van der Waals surface area contributed by atoms with Crippen LogP contribution in [0.1, 0.15) is 31.0 Å². The molecule has 1 aromatic heterocycles. The number of aromatic nitrogens is 3. The Hall–Kier alpha value is -1.76. The summed E-state index contributed by atoms with van der Waals surface area (Å²) in [5.74, 6) is 0. The quantitative estimate of drug-likeness (QED) is 0.931. The number of nitrogens with zero attached hydrogens (tertiary/aromatic N) is 3. The lowest BCUT2D eigenvalue weighted by Gasteiger charge is -2.34. The van der Waals surface area contributed by atoms with Crippen molar-refractivity contribution in [2.75, 3.05) is 6.61 Å². The average Bonchev–Trinajstić information content (AvgIpc) is 3.20. The van der Waals surface area contributed by atoms with Gasteiger partial charge in [-0.05, 0) is 30.9 Å². The second-order valence-corrected chi connectivity index (χ2v) is 5.92. The molecule has 6 nitrogen and oxygen atoms in total. The highest BCUT2D eigenvalue weighted by atomic mass is 16.7. The molecule has 0 saturated carbocycles. The van der Waals surface area contributed by atoms with Gasteiger partial charge in [0.2, 0.25) is 0 Å². The van der Waals surface area contributed by atoms with E-state index in [4.69, 9.17) is 9.47 Å². The van der Waals surface area contributed by atoms with Crippen LogP contribution in [0.3, 0.4) is 0 Å². The highest BCUT2D eigenvalue weighted by Gasteiger charge is 2.51. The fourth-order valence-electron chi connectivity index (χ4n) is 3.21. The van der Waals surface area contributed by atoms with E-state index in [-0.39, 0.29) is 6.10 Å². The Kier molecular flexibility index (Phi) is 3.25. The maximum Gasteiger partial charge on any atom is 0.192 e. The summed E-state index contributed by atoms with van der Waals surface area (Å²) in [5.41, 5.74) is 1.45. The van der Waals surface area contributed by atoms with Crippen molar-refractivity contribution in [2.24, 2.45) is 0 Å². The second-order valence-electron chi connectivity index (χ2n) is 5.92. The van der Waals surface area contributed by atoms with Gasteiger partial charge in [0.05, 0.1) is 24.6 Å². The molecule has 2 aliphatic rings. The van der Waals surface area contributed by atoms with Crippen molar-refractivity contribution < 1.29 is 14.6 Å². The van der Waals surface area contributed by atoms with Crippen molar-refractivity contribution in [2.45, 2.75) is 44.2 Å². The molecule has 1 unspecified atom stereocenters. The van der Waals surface area contributed by atoms with E-state index in [1.165, 1.54) is 5.56 Å². The number of fused-ring (bicyclic) bond motifs is 2. The lowest BCUT2D eigenvalue weighted by Crippen LogP contribution is -2.44. The molecule has 1 N–H and O–H groups in total. The molecule has 3 atom stereocenters. The first-order chi connectivity index (χ1) is 10.7. The molecule has 116 valence electrons. The highest BCUT2D eigenvalue weighted by Crippen LogP contribution is 2.41. The lowest BCUT2D eigenvalue weighted by molar-refractivity contribution is -0.219. The molecule has 3 heterocycles. The average molecular weight is 301 g/mol. The highest BCUT2D eigenvalue weighted by molar-refractivity contribution is 5.40. The predicted molar refractivity (Wildman–Crippen MR) is 78.5 cm³/mol. The summed E-state index contributed by atoms with van der Waals surface area (Å²) in [4.78, 5) is 0. The van der Waals surface area contributed by atoms with Gasteiger partial charge >= 0.3 is 0 Å². The van der Waals surface area contributed by atoms with E-state index in [0.29, 0.717) is 18.7 Å². The van der Waals surface area contributed by atoms with Crippen LogP contribution >= 0.6 is 0 Å². The van der Waals surface area contributed by atoms with Gasteiger partial charge in [-0.2, -0.15) is 0 Å². The normalized spacial score (nSPS) is 30.6. The Morgan fingerprint density at radius 3 is 3.14 bits per heavy atom. The molecule has 2 aromatic rings. The lowest BCUT2D eigenvalue weighted by atomic mass is 9.90. The van der Waals surface area contributed by atoms with E-state index in [1.54, 1.807) is 10.9 Å². The first-order valence-electron chi connectivity index (χ1n) is 7.71. The molecule has 2 fully saturated rings. The molecule has 0 radical (unpaired) electrons. The van der Waals surface area contributed by atoms with Gasteiger partial charge in [0.1, 0.15) is 5.69 Å². The van der Waals surface area contributed by atoms with Crippen LogP contribution in [0, 0.1) is 0 Å². The maximum atomic E-state index is 10.9. The van der Waals surface area contributed by atoms with Crippen LogP contribution in [-0.2, 0) is 21.5 Å².